The normalized spacial score (nSPS) is 10.3. The maximum absolute atomic E-state index is 5.20. The van der Waals surface area contributed by atoms with Gasteiger partial charge < -0.3 is 4.74 Å². The highest BCUT2D eigenvalue weighted by Gasteiger charge is 2.03. The van der Waals surface area contributed by atoms with E-state index in [9.17, 15) is 0 Å². The van der Waals surface area contributed by atoms with E-state index in [2.05, 4.69) is 17.6 Å². The van der Waals surface area contributed by atoms with Gasteiger partial charge in [-0.2, -0.15) is 0 Å². The molecule has 0 bridgehead atoms. The number of methoxy groups -OCH3 is 1. The summed E-state index contributed by atoms with van der Waals surface area (Å²) in [6.07, 6.45) is 3.50. The van der Waals surface area contributed by atoms with Crippen LogP contribution in [0.25, 0.3) is 10.8 Å². The second-order valence-electron chi connectivity index (χ2n) is 2.72. The summed E-state index contributed by atoms with van der Waals surface area (Å²) in [6, 6.07) is 5.88. The van der Waals surface area contributed by atoms with Crippen molar-refractivity contribution in [2.24, 2.45) is 0 Å². The Morgan fingerprint density at radius 2 is 2.15 bits per heavy atom. The largest absolute Gasteiger partial charge is 0.494 e. The first-order valence-electron chi connectivity index (χ1n) is 3.92. The van der Waals surface area contributed by atoms with Crippen LogP contribution in [0.3, 0.4) is 0 Å². The summed E-state index contributed by atoms with van der Waals surface area (Å²) >= 11 is 4.37. The Bertz CT molecular complexity index is 437. The lowest BCUT2D eigenvalue weighted by atomic mass is 10.2. The molecule has 2 aromatic rings. The molecule has 0 saturated heterocycles. The molecule has 0 aliphatic carbocycles. The Morgan fingerprint density at radius 1 is 1.31 bits per heavy atom. The minimum absolute atomic E-state index is 0.767. The van der Waals surface area contributed by atoms with E-state index in [0.717, 1.165) is 21.4 Å². The molecule has 0 spiro atoms. The summed E-state index contributed by atoms with van der Waals surface area (Å²) < 4.78 is 5.20. The van der Waals surface area contributed by atoms with Crippen molar-refractivity contribution in [3.63, 3.8) is 0 Å². The number of hydrogen-bond acceptors (Lipinski definition) is 3. The Hall–Kier alpha value is -1.22. The van der Waals surface area contributed by atoms with E-state index in [1.807, 2.05) is 18.2 Å². The fourth-order valence-electron chi connectivity index (χ4n) is 1.34. The molecule has 3 heteroatoms. The van der Waals surface area contributed by atoms with Crippen molar-refractivity contribution >= 4 is 23.4 Å². The van der Waals surface area contributed by atoms with Crippen molar-refractivity contribution in [2.45, 2.75) is 4.90 Å². The van der Waals surface area contributed by atoms with Gasteiger partial charge in [-0.25, -0.2) is 0 Å². The molecule has 66 valence electrons. The van der Waals surface area contributed by atoms with Crippen molar-refractivity contribution < 1.29 is 4.74 Å². The molecular weight excluding hydrogens is 182 g/mol. The molecule has 1 aromatic carbocycles. The van der Waals surface area contributed by atoms with Gasteiger partial charge in [0.1, 0.15) is 5.75 Å². The minimum atomic E-state index is 0.767. The maximum atomic E-state index is 5.20. The van der Waals surface area contributed by atoms with Gasteiger partial charge in [-0.15, -0.1) is 12.6 Å². The lowest BCUT2D eigenvalue weighted by Crippen LogP contribution is -1.87. The zero-order valence-corrected chi connectivity index (χ0v) is 8.08. The molecule has 2 rings (SSSR count). The predicted molar refractivity (Wildman–Crippen MR) is 55.5 cm³/mol. The zero-order chi connectivity index (χ0) is 9.26. The Labute approximate surface area is 82.0 Å². The van der Waals surface area contributed by atoms with Crippen LogP contribution in [0, 0.1) is 0 Å². The summed E-state index contributed by atoms with van der Waals surface area (Å²) in [5.41, 5.74) is 0. The predicted octanol–water partition coefficient (Wildman–Crippen LogP) is 2.53. The first-order valence-corrected chi connectivity index (χ1v) is 4.37. The van der Waals surface area contributed by atoms with E-state index in [0.29, 0.717) is 0 Å². The summed E-state index contributed by atoms with van der Waals surface area (Å²) in [5, 5.41) is 2.06. The van der Waals surface area contributed by atoms with Crippen LogP contribution in [-0.4, -0.2) is 12.1 Å². The van der Waals surface area contributed by atoms with E-state index < -0.39 is 0 Å². The van der Waals surface area contributed by atoms with Crippen LogP contribution < -0.4 is 4.74 Å². The summed E-state index contributed by atoms with van der Waals surface area (Å²) in [5.74, 6) is 0.767. The van der Waals surface area contributed by atoms with E-state index in [4.69, 9.17) is 4.74 Å². The van der Waals surface area contributed by atoms with Crippen LogP contribution in [-0.2, 0) is 0 Å². The maximum Gasteiger partial charge on any atom is 0.146 e. The molecule has 1 aromatic heterocycles. The second-order valence-corrected chi connectivity index (χ2v) is 3.20. The summed E-state index contributed by atoms with van der Waals surface area (Å²) in [7, 11) is 1.64. The van der Waals surface area contributed by atoms with Crippen molar-refractivity contribution in [2.75, 3.05) is 7.11 Å². The third-order valence-corrected chi connectivity index (χ3v) is 2.32. The van der Waals surface area contributed by atoms with Gasteiger partial charge in [-0.3, -0.25) is 4.98 Å². The number of thiol groups is 1. The summed E-state index contributed by atoms with van der Waals surface area (Å²) in [4.78, 5) is 4.98. The SMILES string of the molecule is COc1cncc2cccc(S)c12. The molecule has 0 saturated carbocycles. The van der Waals surface area contributed by atoms with E-state index >= 15 is 0 Å². The average molecular weight is 191 g/mol. The summed E-state index contributed by atoms with van der Waals surface area (Å²) in [6.45, 7) is 0. The Balaban J connectivity index is 2.87. The van der Waals surface area contributed by atoms with E-state index in [1.165, 1.54) is 0 Å². The fraction of sp³-hybridized carbons (Fsp3) is 0.100. The first kappa shape index (κ1) is 8.38. The van der Waals surface area contributed by atoms with Crippen LogP contribution in [0.15, 0.2) is 35.5 Å². The number of nitrogens with zero attached hydrogens (tertiary/aromatic N) is 1. The van der Waals surface area contributed by atoms with Gasteiger partial charge in [0.15, 0.2) is 0 Å². The van der Waals surface area contributed by atoms with Crippen LogP contribution in [0.4, 0.5) is 0 Å². The molecule has 0 fully saturated rings. The number of hydrogen-bond donors (Lipinski definition) is 1. The molecule has 0 atom stereocenters. The van der Waals surface area contributed by atoms with Gasteiger partial charge in [-0.05, 0) is 6.07 Å². The van der Waals surface area contributed by atoms with Gasteiger partial charge in [-0.1, -0.05) is 12.1 Å². The number of pyridine rings is 1. The monoisotopic (exact) mass is 191 g/mol. The molecule has 13 heavy (non-hydrogen) atoms. The first-order chi connectivity index (χ1) is 6.33. The number of aromatic nitrogens is 1. The van der Waals surface area contributed by atoms with Gasteiger partial charge in [0, 0.05) is 21.9 Å². The molecule has 0 aliphatic rings. The fourth-order valence-corrected chi connectivity index (χ4v) is 1.66. The third-order valence-electron chi connectivity index (χ3n) is 1.95. The number of fused-ring (bicyclic) bond motifs is 1. The molecule has 0 unspecified atom stereocenters. The van der Waals surface area contributed by atoms with Crippen molar-refractivity contribution in [1.29, 1.82) is 0 Å². The van der Waals surface area contributed by atoms with Crippen LogP contribution in [0.5, 0.6) is 5.75 Å². The molecule has 0 N–H and O–H groups in total. The van der Waals surface area contributed by atoms with Crippen molar-refractivity contribution in [1.82, 2.24) is 4.98 Å². The second kappa shape index (κ2) is 3.26. The standard InChI is InChI=1S/C10H9NOS/c1-12-8-6-11-5-7-3-2-4-9(13)10(7)8/h2-6,13H,1H3. The lowest BCUT2D eigenvalue weighted by molar-refractivity contribution is 0.417. The molecular formula is C10H9NOS. The van der Waals surface area contributed by atoms with Crippen molar-refractivity contribution in [3.8, 4) is 5.75 Å². The molecule has 2 nitrogen and oxygen atoms in total. The average Bonchev–Trinajstić information content (AvgIpc) is 2.17. The number of rotatable bonds is 1. The molecule has 0 amide bonds. The van der Waals surface area contributed by atoms with Crippen LogP contribution in [0.1, 0.15) is 0 Å². The van der Waals surface area contributed by atoms with Crippen LogP contribution >= 0.6 is 12.6 Å². The lowest BCUT2D eigenvalue weighted by Gasteiger charge is -2.05. The molecule has 0 radical (unpaired) electrons. The Kier molecular flexibility index (Phi) is 2.10. The Morgan fingerprint density at radius 3 is 2.92 bits per heavy atom. The van der Waals surface area contributed by atoms with Gasteiger partial charge >= 0.3 is 0 Å². The highest BCUT2D eigenvalue weighted by atomic mass is 32.1. The van der Waals surface area contributed by atoms with Gasteiger partial charge in [0.25, 0.3) is 0 Å². The highest BCUT2D eigenvalue weighted by molar-refractivity contribution is 7.80. The number of ether oxygens (including phenoxy) is 1. The van der Waals surface area contributed by atoms with E-state index in [1.54, 1.807) is 19.5 Å². The topological polar surface area (TPSA) is 22.1 Å². The van der Waals surface area contributed by atoms with Gasteiger partial charge in [0.05, 0.1) is 13.3 Å². The van der Waals surface area contributed by atoms with Crippen molar-refractivity contribution in [3.05, 3.63) is 30.6 Å². The smallest absolute Gasteiger partial charge is 0.146 e. The zero-order valence-electron chi connectivity index (χ0n) is 7.19. The quantitative estimate of drug-likeness (QED) is 0.700. The third kappa shape index (κ3) is 1.35. The molecule has 1 heterocycles. The minimum Gasteiger partial charge on any atom is -0.494 e. The van der Waals surface area contributed by atoms with E-state index in [-0.39, 0.29) is 0 Å². The van der Waals surface area contributed by atoms with Gasteiger partial charge in [0.2, 0.25) is 0 Å². The highest BCUT2D eigenvalue weighted by Crippen LogP contribution is 2.29. The van der Waals surface area contributed by atoms with Crippen LogP contribution in [0.2, 0.25) is 0 Å². The number of benzene rings is 1. The molecule has 0 aliphatic heterocycles.